The Hall–Kier alpha value is -2.94. The van der Waals surface area contributed by atoms with Gasteiger partial charge in [0.2, 0.25) is 11.8 Å². The molecule has 0 saturated carbocycles. The van der Waals surface area contributed by atoms with Gasteiger partial charge in [-0.2, -0.15) is 10.1 Å². The van der Waals surface area contributed by atoms with E-state index in [1.165, 1.54) is 19.5 Å². The van der Waals surface area contributed by atoms with Crippen LogP contribution in [0, 0.1) is 6.92 Å². The van der Waals surface area contributed by atoms with Crippen LogP contribution in [-0.4, -0.2) is 32.8 Å². The maximum absolute atomic E-state index is 12.4. The van der Waals surface area contributed by atoms with Crippen LogP contribution in [0.3, 0.4) is 0 Å². The fourth-order valence-electron chi connectivity index (χ4n) is 2.17. The molecule has 0 spiro atoms. The highest BCUT2D eigenvalue weighted by Gasteiger charge is 2.15. The second-order valence-electron chi connectivity index (χ2n) is 5.03. The molecule has 3 aromatic rings. The topological polar surface area (TPSA) is 94.0 Å². The standard InChI is InChI=1S/C16H15BrN6O2/c1-10-13(9-19-23(10)12-5-3-11(17)4-6-12)15(24)21-22-16-18-8-7-14(20-16)25-2/h3-9H,1-2H3,(H,21,24)(H,18,20,22). The molecule has 25 heavy (non-hydrogen) atoms. The second-order valence-corrected chi connectivity index (χ2v) is 5.95. The van der Waals surface area contributed by atoms with Crippen molar-refractivity contribution in [3.63, 3.8) is 0 Å². The Morgan fingerprint density at radius 2 is 2.00 bits per heavy atom. The van der Waals surface area contributed by atoms with E-state index in [0.717, 1.165) is 10.2 Å². The van der Waals surface area contributed by atoms with Crippen LogP contribution in [0.5, 0.6) is 5.88 Å². The first-order valence-corrected chi connectivity index (χ1v) is 8.11. The minimum absolute atomic E-state index is 0.227. The van der Waals surface area contributed by atoms with Crippen LogP contribution < -0.4 is 15.6 Å². The average molecular weight is 403 g/mol. The largest absolute Gasteiger partial charge is 0.481 e. The first kappa shape index (κ1) is 16.9. The van der Waals surface area contributed by atoms with Gasteiger partial charge in [0.25, 0.3) is 5.91 Å². The summed E-state index contributed by atoms with van der Waals surface area (Å²) in [5.74, 6) is 0.281. The van der Waals surface area contributed by atoms with Gasteiger partial charge in [-0.3, -0.25) is 15.6 Å². The zero-order valence-electron chi connectivity index (χ0n) is 13.5. The molecule has 3 rings (SSSR count). The SMILES string of the molecule is COc1ccnc(NNC(=O)c2cnn(-c3ccc(Br)cc3)c2C)n1. The van der Waals surface area contributed by atoms with Crippen molar-refractivity contribution in [2.75, 3.05) is 12.5 Å². The van der Waals surface area contributed by atoms with Gasteiger partial charge in [0.05, 0.1) is 30.3 Å². The summed E-state index contributed by atoms with van der Waals surface area (Å²) in [5, 5.41) is 4.28. The van der Waals surface area contributed by atoms with Gasteiger partial charge in [-0.25, -0.2) is 9.67 Å². The third-order valence-electron chi connectivity index (χ3n) is 3.45. The lowest BCUT2D eigenvalue weighted by Gasteiger charge is -2.08. The number of carbonyl (C=O) groups is 1. The molecular formula is C16H15BrN6O2. The van der Waals surface area contributed by atoms with Gasteiger partial charge in [0.1, 0.15) is 0 Å². The van der Waals surface area contributed by atoms with E-state index >= 15 is 0 Å². The number of rotatable bonds is 5. The van der Waals surface area contributed by atoms with E-state index < -0.39 is 0 Å². The Morgan fingerprint density at radius 3 is 2.72 bits per heavy atom. The van der Waals surface area contributed by atoms with Crippen LogP contribution in [0.4, 0.5) is 5.95 Å². The Labute approximate surface area is 152 Å². The van der Waals surface area contributed by atoms with E-state index in [1.807, 2.05) is 31.2 Å². The molecule has 2 N–H and O–H groups in total. The van der Waals surface area contributed by atoms with Gasteiger partial charge >= 0.3 is 0 Å². The minimum Gasteiger partial charge on any atom is -0.481 e. The van der Waals surface area contributed by atoms with Crippen molar-refractivity contribution in [1.82, 2.24) is 25.2 Å². The van der Waals surface area contributed by atoms with Gasteiger partial charge in [0.15, 0.2) is 0 Å². The number of anilines is 1. The number of carbonyl (C=O) groups excluding carboxylic acids is 1. The van der Waals surface area contributed by atoms with E-state index in [0.29, 0.717) is 17.1 Å². The number of benzene rings is 1. The van der Waals surface area contributed by atoms with Crippen molar-refractivity contribution in [3.8, 4) is 11.6 Å². The predicted octanol–water partition coefficient (Wildman–Crippen LogP) is 2.50. The number of ether oxygens (including phenoxy) is 1. The maximum Gasteiger partial charge on any atom is 0.273 e. The number of hydrogen-bond acceptors (Lipinski definition) is 6. The van der Waals surface area contributed by atoms with Crippen molar-refractivity contribution in [2.45, 2.75) is 6.92 Å². The fourth-order valence-corrected chi connectivity index (χ4v) is 2.44. The first-order chi connectivity index (χ1) is 12.1. The lowest BCUT2D eigenvalue weighted by molar-refractivity contribution is 0.0961. The van der Waals surface area contributed by atoms with Crippen molar-refractivity contribution < 1.29 is 9.53 Å². The molecule has 128 valence electrons. The number of hydrogen-bond donors (Lipinski definition) is 2. The number of aromatic nitrogens is 4. The molecule has 0 aliphatic rings. The van der Waals surface area contributed by atoms with Gasteiger partial charge in [-0.1, -0.05) is 15.9 Å². The quantitative estimate of drug-likeness (QED) is 0.636. The minimum atomic E-state index is -0.340. The number of hydrazine groups is 1. The second kappa shape index (κ2) is 7.31. The number of nitrogens with zero attached hydrogens (tertiary/aromatic N) is 4. The van der Waals surface area contributed by atoms with Gasteiger partial charge in [-0.15, -0.1) is 0 Å². The van der Waals surface area contributed by atoms with Gasteiger partial charge < -0.3 is 4.74 Å². The molecule has 0 aliphatic carbocycles. The highest BCUT2D eigenvalue weighted by Crippen LogP contribution is 2.17. The smallest absolute Gasteiger partial charge is 0.273 e. The molecule has 2 heterocycles. The zero-order chi connectivity index (χ0) is 17.8. The molecule has 2 aromatic heterocycles. The third kappa shape index (κ3) is 3.77. The molecule has 0 aliphatic heterocycles. The van der Waals surface area contributed by atoms with Crippen LogP contribution in [0.25, 0.3) is 5.69 Å². The third-order valence-corrected chi connectivity index (χ3v) is 3.98. The van der Waals surface area contributed by atoms with Crippen molar-refractivity contribution in [3.05, 3.63) is 58.5 Å². The van der Waals surface area contributed by atoms with E-state index in [1.54, 1.807) is 10.7 Å². The molecule has 0 fully saturated rings. The number of methoxy groups -OCH3 is 1. The van der Waals surface area contributed by atoms with Gasteiger partial charge in [0, 0.05) is 16.7 Å². The highest BCUT2D eigenvalue weighted by molar-refractivity contribution is 9.10. The molecular weight excluding hydrogens is 388 g/mol. The lowest BCUT2D eigenvalue weighted by atomic mass is 10.2. The molecule has 1 amide bonds. The molecule has 8 nitrogen and oxygen atoms in total. The first-order valence-electron chi connectivity index (χ1n) is 7.32. The van der Waals surface area contributed by atoms with Gasteiger partial charge in [-0.05, 0) is 31.2 Å². The van der Waals surface area contributed by atoms with Crippen LogP contribution >= 0.6 is 15.9 Å². The average Bonchev–Trinajstić information content (AvgIpc) is 3.02. The summed E-state index contributed by atoms with van der Waals surface area (Å²) in [7, 11) is 1.50. The number of nitrogens with one attached hydrogen (secondary N) is 2. The Balaban J connectivity index is 1.73. The lowest BCUT2D eigenvalue weighted by Crippen LogP contribution is -2.30. The molecule has 1 aromatic carbocycles. The van der Waals surface area contributed by atoms with E-state index in [2.05, 4.69) is 41.8 Å². The Morgan fingerprint density at radius 1 is 1.24 bits per heavy atom. The molecule has 0 saturated heterocycles. The summed E-state index contributed by atoms with van der Waals surface area (Å²) in [4.78, 5) is 20.4. The summed E-state index contributed by atoms with van der Waals surface area (Å²) in [6.07, 6.45) is 3.04. The summed E-state index contributed by atoms with van der Waals surface area (Å²) in [6, 6.07) is 9.26. The van der Waals surface area contributed by atoms with E-state index in [9.17, 15) is 4.79 Å². The number of amides is 1. The van der Waals surface area contributed by atoms with Crippen LogP contribution in [0.15, 0.2) is 47.2 Å². The summed E-state index contributed by atoms with van der Waals surface area (Å²) in [5.41, 5.74) is 7.23. The molecule has 0 radical (unpaired) electrons. The van der Waals surface area contributed by atoms with Crippen LogP contribution in [-0.2, 0) is 0 Å². The van der Waals surface area contributed by atoms with E-state index in [4.69, 9.17) is 4.74 Å². The normalized spacial score (nSPS) is 10.4. The summed E-state index contributed by atoms with van der Waals surface area (Å²) >= 11 is 3.40. The zero-order valence-corrected chi connectivity index (χ0v) is 15.1. The van der Waals surface area contributed by atoms with E-state index in [-0.39, 0.29) is 11.9 Å². The highest BCUT2D eigenvalue weighted by atomic mass is 79.9. The molecule has 0 bridgehead atoms. The molecule has 0 unspecified atom stereocenters. The fraction of sp³-hybridized carbons (Fsp3) is 0.125. The Kier molecular flexibility index (Phi) is 4.94. The maximum atomic E-state index is 12.4. The predicted molar refractivity (Wildman–Crippen MR) is 95.7 cm³/mol. The summed E-state index contributed by atoms with van der Waals surface area (Å²) < 4.78 is 7.68. The van der Waals surface area contributed by atoms with Crippen molar-refractivity contribution in [1.29, 1.82) is 0 Å². The van der Waals surface area contributed by atoms with Crippen molar-refractivity contribution >= 4 is 27.8 Å². The Bertz CT molecular complexity index is 894. The van der Waals surface area contributed by atoms with Crippen molar-refractivity contribution in [2.24, 2.45) is 0 Å². The molecule has 0 atom stereocenters. The number of halogens is 1. The van der Waals surface area contributed by atoms with Crippen LogP contribution in [0.2, 0.25) is 0 Å². The summed E-state index contributed by atoms with van der Waals surface area (Å²) in [6.45, 7) is 1.83. The van der Waals surface area contributed by atoms with Crippen LogP contribution in [0.1, 0.15) is 16.1 Å². The monoisotopic (exact) mass is 402 g/mol. The molecule has 9 heteroatoms.